The first kappa shape index (κ1) is 28.2. The molecule has 0 bridgehead atoms. The number of likely N-dealkylation sites (tertiary alicyclic amines) is 1. The van der Waals surface area contributed by atoms with Crippen LogP contribution in [-0.4, -0.2) is 72.1 Å². The Kier molecular flexibility index (Phi) is 9.33. The zero-order chi connectivity index (χ0) is 26.5. The van der Waals surface area contributed by atoms with Gasteiger partial charge in [-0.2, -0.15) is 0 Å². The highest BCUT2D eigenvalue weighted by molar-refractivity contribution is 6.38. The van der Waals surface area contributed by atoms with Gasteiger partial charge in [0.2, 0.25) is 24.0 Å². The van der Waals surface area contributed by atoms with E-state index in [2.05, 4.69) is 22.5 Å². The van der Waals surface area contributed by atoms with Crippen LogP contribution in [0.25, 0.3) is 0 Å². The molecule has 0 aromatic rings. The minimum atomic E-state index is -2.96. The van der Waals surface area contributed by atoms with Gasteiger partial charge in [-0.3, -0.25) is 19.2 Å². The van der Waals surface area contributed by atoms with Crippen LogP contribution < -0.4 is 21.7 Å². The highest BCUT2D eigenvalue weighted by Crippen LogP contribution is 2.43. The van der Waals surface area contributed by atoms with Crippen LogP contribution in [0.5, 0.6) is 0 Å². The average molecular weight is 500 g/mol. The van der Waals surface area contributed by atoms with Gasteiger partial charge >= 0.3 is 6.03 Å². The van der Waals surface area contributed by atoms with Crippen molar-refractivity contribution in [2.24, 2.45) is 23.0 Å². The summed E-state index contributed by atoms with van der Waals surface area (Å²) in [5.74, 6) is -3.84. The van der Waals surface area contributed by atoms with E-state index < -0.39 is 65.9 Å². The van der Waals surface area contributed by atoms with Crippen molar-refractivity contribution in [3.63, 3.8) is 0 Å². The fourth-order valence-electron chi connectivity index (χ4n) is 4.90. The molecule has 10 nitrogen and oxygen atoms in total. The summed E-state index contributed by atoms with van der Waals surface area (Å²) in [5, 5.41) is 6.97. The molecule has 2 rings (SSSR count). The first-order valence-electron chi connectivity index (χ1n) is 11.7. The molecule has 0 aromatic heterocycles. The Morgan fingerprint density at radius 1 is 1.14 bits per heavy atom. The second-order valence-electron chi connectivity index (χ2n) is 10.1. The number of nitrogens with two attached hydrogens (primary N) is 1. The van der Waals surface area contributed by atoms with E-state index in [4.69, 9.17) is 5.73 Å². The smallest absolute Gasteiger partial charge is 0.312 e. The number of carbonyl (C=O) groups is 5. The standard InChI is InChI=1S/C23H35F2N5O5/c1-5-9-27-20(33)17(31)14(10-15(24)25)28-19(32)16-13-8-6-7-12(13)11-30(16)21(34)18(23(2,3)4)29-22(26)35/h5,12-16,18H,1,6-11H2,2-4H3,(H,27,33)(H,28,32)(H3,26,29,35)/t12-,13-,14-,16-,18?/m0/s1. The zero-order valence-corrected chi connectivity index (χ0v) is 20.3. The number of Topliss-reactive ketones (excluding diaryl/α,β-unsaturated/α-hetero) is 1. The number of alkyl halides is 2. The maximum atomic E-state index is 13.5. The van der Waals surface area contributed by atoms with E-state index >= 15 is 0 Å². The fraction of sp³-hybridized carbons (Fsp3) is 0.696. The van der Waals surface area contributed by atoms with Crippen LogP contribution in [0.4, 0.5) is 13.6 Å². The molecule has 0 aromatic carbocycles. The van der Waals surface area contributed by atoms with Crippen molar-refractivity contribution in [3.8, 4) is 0 Å². The summed E-state index contributed by atoms with van der Waals surface area (Å²) >= 11 is 0. The van der Waals surface area contributed by atoms with Crippen molar-refractivity contribution in [1.29, 1.82) is 0 Å². The first-order chi connectivity index (χ1) is 16.3. The number of fused-ring (bicyclic) bond motifs is 1. The molecule has 1 aliphatic heterocycles. The maximum Gasteiger partial charge on any atom is 0.312 e. The molecule has 1 saturated carbocycles. The SMILES string of the molecule is C=CCNC(=O)C(=O)[C@H](CC(F)F)NC(=O)[C@@H]1[C@H]2CCC[C@H]2CN1C(=O)C(NC(N)=O)C(C)(C)C. The highest BCUT2D eigenvalue weighted by atomic mass is 19.3. The van der Waals surface area contributed by atoms with Crippen molar-refractivity contribution >= 4 is 29.5 Å². The summed E-state index contributed by atoms with van der Waals surface area (Å²) < 4.78 is 26.4. The Bertz CT molecular complexity index is 860. The van der Waals surface area contributed by atoms with Gasteiger partial charge in [0.15, 0.2) is 0 Å². The summed E-state index contributed by atoms with van der Waals surface area (Å²) in [6.07, 6.45) is -0.419. The summed E-state index contributed by atoms with van der Waals surface area (Å²) in [4.78, 5) is 64.4. The maximum absolute atomic E-state index is 13.5. The molecule has 0 spiro atoms. The monoisotopic (exact) mass is 499 g/mol. The molecule has 1 aliphatic carbocycles. The number of hydrogen-bond acceptors (Lipinski definition) is 5. The summed E-state index contributed by atoms with van der Waals surface area (Å²) in [6, 6.07) is -4.71. The molecule has 196 valence electrons. The van der Waals surface area contributed by atoms with Crippen molar-refractivity contribution in [3.05, 3.63) is 12.7 Å². The van der Waals surface area contributed by atoms with Crippen LogP contribution >= 0.6 is 0 Å². The lowest BCUT2D eigenvalue weighted by atomic mass is 9.85. The predicted octanol–water partition coefficient (Wildman–Crippen LogP) is 0.708. The third-order valence-corrected chi connectivity index (χ3v) is 6.52. The van der Waals surface area contributed by atoms with Gasteiger partial charge < -0.3 is 26.6 Å². The largest absolute Gasteiger partial charge is 0.352 e. The normalized spacial score (nSPS) is 23.3. The van der Waals surface area contributed by atoms with Gasteiger partial charge in [-0.25, -0.2) is 13.6 Å². The van der Waals surface area contributed by atoms with Crippen LogP contribution in [0.15, 0.2) is 12.7 Å². The molecule has 5 N–H and O–H groups in total. The number of nitrogens with zero attached hydrogens (tertiary/aromatic N) is 1. The van der Waals surface area contributed by atoms with E-state index in [1.807, 2.05) is 0 Å². The molecular formula is C23H35F2N5O5. The number of rotatable bonds is 10. The van der Waals surface area contributed by atoms with E-state index in [0.29, 0.717) is 6.42 Å². The highest BCUT2D eigenvalue weighted by Gasteiger charge is 2.52. The number of ketones is 1. The summed E-state index contributed by atoms with van der Waals surface area (Å²) in [6.45, 7) is 8.81. The summed E-state index contributed by atoms with van der Waals surface area (Å²) in [7, 11) is 0. The Balaban J connectivity index is 2.31. The predicted molar refractivity (Wildman–Crippen MR) is 123 cm³/mol. The molecule has 5 amide bonds. The van der Waals surface area contributed by atoms with Crippen molar-refractivity contribution < 1.29 is 32.8 Å². The Labute approximate surface area is 203 Å². The van der Waals surface area contributed by atoms with Crippen LogP contribution in [-0.2, 0) is 19.2 Å². The molecular weight excluding hydrogens is 464 g/mol. The average Bonchev–Trinajstić information content (AvgIpc) is 3.34. The van der Waals surface area contributed by atoms with Crippen LogP contribution in [0, 0.1) is 17.3 Å². The number of urea groups is 1. The van der Waals surface area contributed by atoms with Gasteiger partial charge in [0.1, 0.15) is 18.1 Å². The third kappa shape index (κ3) is 6.98. The van der Waals surface area contributed by atoms with Crippen LogP contribution in [0.3, 0.4) is 0 Å². The summed E-state index contributed by atoms with van der Waals surface area (Å²) in [5.41, 5.74) is 4.53. The van der Waals surface area contributed by atoms with Gasteiger partial charge in [0.25, 0.3) is 5.91 Å². The molecule has 2 fully saturated rings. The van der Waals surface area contributed by atoms with Crippen molar-refractivity contribution in [2.75, 3.05) is 13.1 Å². The van der Waals surface area contributed by atoms with Crippen molar-refractivity contribution in [1.82, 2.24) is 20.9 Å². The Hall–Kier alpha value is -3.05. The lowest BCUT2D eigenvalue weighted by molar-refractivity contribution is -0.145. The minimum Gasteiger partial charge on any atom is -0.352 e. The van der Waals surface area contributed by atoms with Gasteiger partial charge in [-0.05, 0) is 30.1 Å². The molecule has 1 heterocycles. The zero-order valence-electron chi connectivity index (χ0n) is 20.3. The van der Waals surface area contributed by atoms with E-state index in [0.717, 1.165) is 12.8 Å². The van der Waals surface area contributed by atoms with Gasteiger partial charge in [-0.1, -0.05) is 33.3 Å². The van der Waals surface area contributed by atoms with E-state index in [9.17, 15) is 32.8 Å². The molecule has 5 atom stereocenters. The number of primary amides is 1. The van der Waals surface area contributed by atoms with Gasteiger partial charge in [0, 0.05) is 19.5 Å². The molecule has 0 radical (unpaired) electrons. The van der Waals surface area contributed by atoms with Gasteiger partial charge in [0.05, 0.1) is 0 Å². The fourth-order valence-corrected chi connectivity index (χ4v) is 4.90. The van der Waals surface area contributed by atoms with Gasteiger partial charge in [-0.15, -0.1) is 6.58 Å². The van der Waals surface area contributed by atoms with E-state index in [1.165, 1.54) is 11.0 Å². The quantitative estimate of drug-likeness (QED) is 0.258. The number of nitrogens with one attached hydrogen (secondary N) is 3. The first-order valence-corrected chi connectivity index (χ1v) is 11.7. The lowest BCUT2D eigenvalue weighted by Gasteiger charge is -2.36. The molecule has 12 heteroatoms. The third-order valence-electron chi connectivity index (χ3n) is 6.52. The molecule has 35 heavy (non-hydrogen) atoms. The second kappa shape index (κ2) is 11.6. The number of halogens is 2. The van der Waals surface area contributed by atoms with Crippen LogP contribution in [0.2, 0.25) is 0 Å². The molecule has 1 unspecified atom stereocenters. The lowest BCUT2D eigenvalue weighted by Crippen LogP contribution is -2.60. The topological polar surface area (TPSA) is 151 Å². The number of carbonyl (C=O) groups excluding carboxylic acids is 5. The number of amides is 5. The molecule has 1 saturated heterocycles. The van der Waals surface area contributed by atoms with E-state index in [-0.39, 0.29) is 24.9 Å². The molecule has 2 aliphatic rings. The van der Waals surface area contributed by atoms with Crippen molar-refractivity contribution in [2.45, 2.75) is 71.0 Å². The minimum absolute atomic E-state index is 0.0176. The Morgan fingerprint density at radius 3 is 2.34 bits per heavy atom. The number of hydrogen-bond donors (Lipinski definition) is 4. The Morgan fingerprint density at radius 2 is 1.80 bits per heavy atom. The second-order valence-corrected chi connectivity index (χ2v) is 10.1. The van der Waals surface area contributed by atoms with E-state index in [1.54, 1.807) is 20.8 Å². The van der Waals surface area contributed by atoms with Crippen LogP contribution in [0.1, 0.15) is 46.5 Å².